The van der Waals surface area contributed by atoms with Gasteiger partial charge in [-0.1, -0.05) is 35.6 Å². The van der Waals surface area contributed by atoms with Crippen molar-refractivity contribution < 1.29 is 14.2 Å². The molecule has 0 amide bonds. The van der Waals surface area contributed by atoms with Crippen LogP contribution < -0.4 is 4.40 Å². The van der Waals surface area contributed by atoms with E-state index in [0.29, 0.717) is 11.1 Å². The normalized spacial score (nSPS) is 11.0. The SMILES string of the molecule is Cc1sc2cc(-c3cccc([N+](=O)[O-])c3)c(-c3cccc([N+](=O)[O-])c3)c[n+]2c1C. The van der Waals surface area contributed by atoms with Crippen molar-refractivity contribution in [1.82, 2.24) is 0 Å². The Morgan fingerprint density at radius 2 is 1.38 bits per heavy atom. The van der Waals surface area contributed by atoms with E-state index in [1.807, 2.05) is 38.2 Å². The van der Waals surface area contributed by atoms with Crippen LogP contribution in [0.3, 0.4) is 0 Å². The molecule has 0 saturated heterocycles. The first-order valence-electron chi connectivity index (χ1n) is 8.80. The molecule has 8 heteroatoms. The van der Waals surface area contributed by atoms with Crippen LogP contribution in [0.15, 0.2) is 60.8 Å². The molecule has 0 radical (unpaired) electrons. The van der Waals surface area contributed by atoms with Crippen LogP contribution in [0.2, 0.25) is 0 Å². The van der Waals surface area contributed by atoms with Gasteiger partial charge >= 0.3 is 0 Å². The molecule has 0 fully saturated rings. The van der Waals surface area contributed by atoms with Gasteiger partial charge in [0.05, 0.1) is 20.3 Å². The largest absolute Gasteiger partial charge is 0.270 e. The van der Waals surface area contributed by atoms with Crippen molar-refractivity contribution in [3.63, 3.8) is 0 Å². The number of hydrogen-bond acceptors (Lipinski definition) is 5. The third-order valence-electron chi connectivity index (χ3n) is 4.92. The molecule has 0 spiro atoms. The Kier molecular flexibility index (Phi) is 4.56. The van der Waals surface area contributed by atoms with Gasteiger partial charge < -0.3 is 0 Å². The van der Waals surface area contributed by atoms with E-state index in [0.717, 1.165) is 26.5 Å². The first-order chi connectivity index (χ1) is 13.8. The quantitative estimate of drug-likeness (QED) is 0.263. The topological polar surface area (TPSA) is 90.4 Å². The van der Waals surface area contributed by atoms with E-state index in [1.165, 1.54) is 24.3 Å². The summed E-state index contributed by atoms with van der Waals surface area (Å²) in [6, 6.07) is 14.8. The Morgan fingerprint density at radius 3 is 1.93 bits per heavy atom. The van der Waals surface area contributed by atoms with Crippen molar-refractivity contribution in [2.45, 2.75) is 13.8 Å². The molecule has 7 nitrogen and oxygen atoms in total. The van der Waals surface area contributed by atoms with E-state index in [-0.39, 0.29) is 11.4 Å². The maximum absolute atomic E-state index is 11.3. The Morgan fingerprint density at radius 1 is 0.828 bits per heavy atom. The maximum atomic E-state index is 11.3. The number of benzene rings is 2. The fourth-order valence-electron chi connectivity index (χ4n) is 3.32. The zero-order valence-corrected chi connectivity index (χ0v) is 16.5. The van der Waals surface area contributed by atoms with Crippen LogP contribution in [0, 0.1) is 34.1 Å². The summed E-state index contributed by atoms with van der Waals surface area (Å²) >= 11 is 1.63. The second kappa shape index (κ2) is 7.06. The van der Waals surface area contributed by atoms with E-state index in [2.05, 4.69) is 4.40 Å². The second-order valence-corrected chi connectivity index (χ2v) is 7.90. The van der Waals surface area contributed by atoms with E-state index >= 15 is 0 Å². The summed E-state index contributed by atoms with van der Waals surface area (Å²) < 4.78 is 2.05. The first kappa shape index (κ1) is 18.7. The Hall–Kier alpha value is -3.65. The van der Waals surface area contributed by atoms with E-state index < -0.39 is 9.85 Å². The van der Waals surface area contributed by atoms with Gasteiger partial charge in [0.2, 0.25) is 0 Å². The first-order valence-corrected chi connectivity index (χ1v) is 9.62. The third-order valence-corrected chi connectivity index (χ3v) is 6.04. The number of aromatic nitrogens is 1. The number of nitro benzene ring substituents is 2. The number of rotatable bonds is 4. The van der Waals surface area contributed by atoms with E-state index in [4.69, 9.17) is 0 Å². The minimum atomic E-state index is -0.428. The number of aryl methyl sites for hydroxylation is 2. The average molecular weight is 406 g/mol. The monoisotopic (exact) mass is 406 g/mol. The van der Waals surface area contributed by atoms with Crippen LogP contribution in [-0.2, 0) is 0 Å². The second-order valence-electron chi connectivity index (χ2n) is 6.67. The lowest BCUT2D eigenvalue weighted by atomic mass is 9.96. The Labute approximate surface area is 169 Å². The molecule has 4 rings (SSSR count). The Balaban J connectivity index is 2.04. The molecule has 0 atom stereocenters. The minimum Gasteiger partial charge on any atom is -0.258 e. The fraction of sp³-hybridized carbons (Fsp3) is 0.0952. The molecule has 2 aromatic carbocycles. The molecular weight excluding hydrogens is 390 g/mol. The van der Waals surface area contributed by atoms with E-state index in [9.17, 15) is 20.2 Å². The molecule has 0 bridgehead atoms. The number of nitrogens with zero attached hydrogens (tertiary/aromatic N) is 3. The van der Waals surface area contributed by atoms with Crippen LogP contribution in [0.5, 0.6) is 0 Å². The van der Waals surface area contributed by atoms with Gasteiger partial charge in [0, 0.05) is 42.8 Å². The molecule has 2 aromatic heterocycles. The summed E-state index contributed by atoms with van der Waals surface area (Å²) in [6.07, 6.45) is 1.95. The van der Waals surface area contributed by atoms with Gasteiger partial charge in [0.1, 0.15) is 0 Å². The molecule has 2 heterocycles. The fourth-order valence-corrected chi connectivity index (χ4v) is 4.34. The molecule has 0 saturated carbocycles. The van der Waals surface area contributed by atoms with Crippen molar-refractivity contribution in [2.24, 2.45) is 0 Å². The highest BCUT2D eigenvalue weighted by atomic mass is 32.1. The lowest BCUT2D eigenvalue weighted by Gasteiger charge is -2.08. The van der Waals surface area contributed by atoms with Crippen LogP contribution in [-0.4, -0.2) is 9.85 Å². The van der Waals surface area contributed by atoms with Gasteiger partial charge in [0.15, 0.2) is 11.9 Å². The highest BCUT2D eigenvalue weighted by Gasteiger charge is 2.22. The summed E-state index contributed by atoms with van der Waals surface area (Å²) in [4.78, 5) is 23.8. The zero-order chi connectivity index (χ0) is 20.7. The van der Waals surface area contributed by atoms with E-state index in [1.54, 1.807) is 23.5 Å². The molecular formula is C21H16N3O4S+. The molecule has 144 valence electrons. The van der Waals surface area contributed by atoms with Gasteiger partial charge in [0.25, 0.3) is 16.2 Å². The smallest absolute Gasteiger partial charge is 0.258 e. The van der Waals surface area contributed by atoms with Crippen molar-refractivity contribution in [3.8, 4) is 22.3 Å². The van der Waals surface area contributed by atoms with Gasteiger partial charge in [-0.05, 0) is 18.1 Å². The summed E-state index contributed by atoms with van der Waals surface area (Å²) in [7, 11) is 0. The summed E-state index contributed by atoms with van der Waals surface area (Å²) in [6.45, 7) is 4.05. The number of nitro groups is 2. The zero-order valence-electron chi connectivity index (χ0n) is 15.7. The van der Waals surface area contributed by atoms with Crippen molar-refractivity contribution in [3.05, 3.63) is 91.6 Å². The van der Waals surface area contributed by atoms with Crippen LogP contribution >= 0.6 is 11.3 Å². The predicted molar refractivity (Wildman–Crippen MR) is 111 cm³/mol. The molecule has 0 aliphatic carbocycles. The molecule has 0 unspecified atom stereocenters. The Bertz CT molecular complexity index is 1300. The van der Waals surface area contributed by atoms with Gasteiger partial charge in [-0.2, -0.15) is 4.40 Å². The standard InChI is InChI=1S/C21H16N3O4S/c1-13-14(2)29-21-11-19(15-5-3-7-17(9-15)23(25)26)20(12-22(13)21)16-6-4-8-18(10-16)24(27)28/h3-12H,1-2H3/q+1. The maximum Gasteiger partial charge on any atom is 0.270 e. The van der Waals surface area contributed by atoms with Gasteiger partial charge in [-0.3, -0.25) is 20.2 Å². The number of thiazole rings is 1. The number of pyridine rings is 1. The third kappa shape index (κ3) is 3.34. The molecule has 29 heavy (non-hydrogen) atoms. The van der Waals surface area contributed by atoms with Crippen LogP contribution in [0.25, 0.3) is 27.1 Å². The lowest BCUT2D eigenvalue weighted by molar-refractivity contribution is -0.514. The van der Waals surface area contributed by atoms with Crippen molar-refractivity contribution in [2.75, 3.05) is 0 Å². The predicted octanol–water partition coefficient (Wildman–Crippen LogP) is 5.25. The molecule has 0 N–H and O–H groups in total. The van der Waals surface area contributed by atoms with Crippen LogP contribution in [0.1, 0.15) is 10.6 Å². The van der Waals surface area contributed by atoms with Crippen molar-refractivity contribution >= 4 is 27.5 Å². The molecule has 4 aromatic rings. The van der Waals surface area contributed by atoms with Crippen LogP contribution in [0.4, 0.5) is 11.4 Å². The number of hydrogen-bond donors (Lipinski definition) is 0. The molecule has 0 aliphatic heterocycles. The van der Waals surface area contributed by atoms with Gasteiger partial charge in [-0.25, -0.2) is 0 Å². The highest BCUT2D eigenvalue weighted by Crippen LogP contribution is 2.36. The van der Waals surface area contributed by atoms with Gasteiger partial charge in [-0.15, -0.1) is 0 Å². The highest BCUT2D eigenvalue weighted by molar-refractivity contribution is 7.16. The number of non-ortho nitro benzene ring substituents is 2. The van der Waals surface area contributed by atoms with Crippen molar-refractivity contribution in [1.29, 1.82) is 0 Å². The lowest BCUT2D eigenvalue weighted by Crippen LogP contribution is -2.22. The number of fused-ring (bicyclic) bond motifs is 1. The summed E-state index contributed by atoms with van der Waals surface area (Å²) in [5.74, 6) is 0. The average Bonchev–Trinajstić information content (AvgIpc) is 3.00. The summed E-state index contributed by atoms with van der Waals surface area (Å²) in [5, 5.41) is 22.5. The molecule has 0 aliphatic rings. The summed E-state index contributed by atoms with van der Waals surface area (Å²) in [5.41, 5.74) is 4.00. The minimum absolute atomic E-state index is 0.00113.